The molecule has 1 aliphatic carbocycles. The Bertz CT molecular complexity index is 381. The monoisotopic (exact) mass is 313 g/mol. The molecule has 0 saturated heterocycles. The van der Waals surface area contributed by atoms with Crippen LogP contribution >= 0.6 is 15.9 Å². The molecule has 3 nitrogen and oxygen atoms in total. The smallest absolute Gasteiger partial charge is 0.0738 e. The van der Waals surface area contributed by atoms with Crippen LogP contribution in [-0.4, -0.2) is 22.4 Å². The Morgan fingerprint density at radius 3 is 2.61 bits per heavy atom. The third-order valence-corrected chi connectivity index (χ3v) is 5.03. The van der Waals surface area contributed by atoms with Crippen LogP contribution in [0.15, 0.2) is 4.47 Å². The molecule has 2 rings (SSSR count). The molecule has 0 bridgehead atoms. The molecule has 0 spiro atoms. The van der Waals surface area contributed by atoms with Gasteiger partial charge in [-0.05, 0) is 55.6 Å². The van der Waals surface area contributed by atoms with E-state index in [1.54, 1.807) is 0 Å². The quantitative estimate of drug-likeness (QED) is 0.842. The maximum Gasteiger partial charge on any atom is 0.0738 e. The molecule has 4 heteroatoms. The number of nitrogens with zero attached hydrogens (tertiary/aromatic N) is 2. The topological polar surface area (TPSA) is 29.9 Å². The Hall–Kier alpha value is -0.350. The lowest BCUT2D eigenvalue weighted by atomic mass is 9.95. The molecule has 1 aromatic heterocycles. The summed E-state index contributed by atoms with van der Waals surface area (Å²) in [4.78, 5) is 0. The molecule has 0 aliphatic heterocycles. The van der Waals surface area contributed by atoms with Crippen LogP contribution in [0.3, 0.4) is 0 Å². The van der Waals surface area contributed by atoms with E-state index in [0.717, 1.165) is 35.7 Å². The molecular weight excluding hydrogens is 290 g/mol. The second-order valence-corrected chi connectivity index (χ2v) is 6.14. The fourth-order valence-electron chi connectivity index (χ4n) is 2.73. The molecule has 1 aliphatic rings. The summed E-state index contributed by atoms with van der Waals surface area (Å²) in [5.41, 5.74) is 2.33. The van der Waals surface area contributed by atoms with Crippen LogP contribution in [0.5, 0.6) is 0 Å². The molecular formula is C14H24BrN3. The van der Waals surface area contributed by atoms with Gasteiger partial charge in [0.1, 0.15) is 0 Å². The first kappa shape index (κ1) is 14.1. The molecule has 18 heavy (non-hydrogen) atoms. The summed E-state index contributed by atoms with van der Waals surface area (Å²) in [6, 6.07) is 0.769. The Morgan fingerprint density at radius 2 is 2.00 bits per heavy atom. The Kier molecular flexibility index (Phi) is 5.25. The van der Waals surface area contributed by atoms with Crippen molar-refractivity contribution in [2.45, 2.75) is 65.0 Å². The van der Waals surface area contributed by atoms with Crippen molar-refractivity contribution in [1.29, 1.82) is 0 Å². The summed E-state index contributed by atoms with van der Waals surface area (Å²) >= 11 is 3.57. The maximum absolute atomic E-state index is 4.54. The van der Waals surface area contributed by atoms with E-state index in [9.17, 15) is 0 Å². The zero-order valence-corrected chi connectivity index (χ0v) is 13.1. The summed E-state index contributed by atoms with van der Waals surface area (Å²) in [6.45, 7) is 6.30. The molecule has 1 aromatic rings. The highest BCUT2D eigenvalue weighted by Gasteiger charge is 2.12. The maximum atomic E-state index is 4.54. The third-order valence-electron chi connectivity index (χ3n) is 3.88. The van der Waals surface area contributed by atoms with Gasteiger partial charge in [0.2, 0.25) is 0 Å². The summed E-state index contributed by atoms with van der Waals surface area (Å²) in [7, 11) is 0. The molecule has 0 amide bonds. The normalized spacial score (nSPS) is 17.3. The molecule has 0 radical (unpaired) electrons. The summed E-state index contributed by atoms with van der Waals surface area (Å²) in [5.74, 6) is 0. The number of rotatable bonds is 5. The van der Waals surface area contributed by atoms with Gasteiger partial charge in [0.15, 0.2) is 0 Å². The Morgan fingerprint density at radius 1 is 1.28 bits per heavy atom. The Balaban J connectivity index is 1.70. The molecule has 1 saturated carbocycles. The lowest BCUT2D eigenvalue weighted by molar-refractivity contribution is 0.367. The van der Waals surface area contributed by atoms with E-state index < -0.39 is 0 Å². The Labute approximate surface area is 118 Å². The van der Waals surface area contributed by atoms with Crippen molar-refractivity contribution in [3.63, 3.8) is 0 Å². The first-order valence-corrected chi connectivity index (χ1v) is 7.90. The average Bonchev–Trinajstić information content (AvgIpc) is 2.64. The third kappa shape index (κ3) is 3.58. The van der Waals surface area contributed by atoms with Crippen molar-refractivity contribution < 1.29 is 0 Å². The van der Waals surface area contributed by atoms with Gasteiger partial charge in [0, 0.05) is 18.3 Å². The van der Waals surface area contributed by atoms with Gasteiger partial charge in [-0.15, -0.1) is 0 Å². The number of halogens is 1. The van der Waals surface area contributed by atoms with E-state index in [1.165, 1.54) is 37.8 Å². The minimum Gasteiger partial charge on any atom is -0.314 e. The van der Waals surface area contributed by atoms with Gasteiger partial charge in [0.05, 0.1) is 10.2 Å². The fourth-order valence-corrected chi connectivity index (χ4v) is 3.02. The predicted octanol–water partition coefficient (Wildman–Crippen LogP) is 3.57. The molecule has 102 valence electrons. The first-order chi connectivity index (χ1) is 8.68. The fraction of sp³-hybridized carbons (Fsp3) is 0.786. The second-order valence-electron chi connectivity index (χ2n) is 5.35. The highest BCUT2D eigenvalue weighted by Crippen LogP contribution is 2.20. The lowest BCUT2D eigenvalue weighted by Crippen LogP contribution is -2.32. The minimum atomic E-state index is 0.769. The van der Waals surface area contributed by atoms with E-state index in [0.29, 0.717) is 0 Å². The van der Waals surface area contributed by atoms with E-state index in [-0.39, 0.29) is 0 Å². The van der Waals surface area contributed by atoms with Crippen molar-refractivity contribution in [3.05, 3.63) is 15.9 Å². The van der Waals surface area contributed by atoms with Gasteiger partial charge in [-0.2, -0.15) is 5.10 Å². The first-order valence-electron chi connectivity index (χ1n) is 7.11. The van der Waals surface area contributed by atoms with Gasteiger partial charge < -0.3 is 5.32 Å². The SMILES string of the molecule is Cc1nn(CCCNC2CCCCC2)c(C)c1Br. The zero-order valence-electron chi connectivity index (χ0n) is 11.5. The van der Waals surface area contributed by atoms with Crippen molar-refractivity contribution in [2.24, 2.45) is 0 Å². The highest BCUT2D eigenvalue weighted by molar-refractivity contribution is 9.10. The number of hydrogen-bond donors (Lipinski definition) is 1. The second kappa shape index (κ2) is 6.71. The highest BCUT2D eigenvalue weighted by atomic mass is 79.9. The van der Waals surface area contributed by atoms with Crippen LogP contribution in [0.25, 0.3) is 0 Å². The predicted molar refractivity (Wildman–Crippen MR) is 78.9 cm³/mol. The summed E-state index contributed by atoms with van der Waals surface area (Å²) in [5, 5.41) is 8.22. The van der Waals surface area contributed by atoms with Crippen LogP contribution in [0, 0.1) is 13.8 Å². The van der Waals surface area contributed by atoms with Crippen molar-refractivity contribution in [1.82, 2.24) is 15.1 Å². The summed E-state index contributed by atoms with van der Waals surface area (Å²) < 4.78 is 3.27. The number of nitrogens with one attached hydrogen (secondary N) is 1. The lowest BCUT2D eigenvalue weighted by Gasteiger charge is -2.22. The van der Waals surface area contributed by atoms with Gasteiger partial charge >= 0.3 is 0 Å². The largest absolute Gasteiger partial charge is 0.314 e. The molecule has 0 atom stereocenters. The van der Waals surface area contributed by atoms with Crippen molar-refractivity contribution in [2.75, 3.05) is 6.54 Å². The van der Waals surface area contributed by atoms with Gasteiger partial charge in [-0.25, -0.2) is 0 Å². The number of aromatic nitrogens is 2. The van der Waals surface area contributed by atoms with Gasteiger partial charge in [-0.3, -0.25) is 4.68 Å². The zero-order chi connectivity index (χ0) is 13.0. The van der Waals surface area contributed by atoms with Crippen molar-refractivity contribution >= 4 is 15.9 Å². The standard InChI is InChI=1S/C14H24BrN3/c1-11-14(15)12(2)18(17-11)10-6-9-16-13-7-4-3-5-8-13/h13,16H,3-10H2,1-2H3. The molecule has 1 N–H and O–H groups in total. The molecule has 0 aromatic carbocycles. The van der Waals surface area contributed by atoms with Crippen LogP contribution in [0.2, 0.25) is 0 Å². The van der Waals surface area contributed by atoms with E-state index in [4.69, 9.17) is 0 Å². The minimum absolute atomic E-state index is 0.769. The van der Waals surface area contributed by atoms with E-state index >= 15 is 0 Å². The van der Waals surface area contributed by atoms with Gasteiger partial charge in [-0.1, -0.05) is 19.3 Å². The number of aryl methyl sites for hydroxylation is 2. The number of hydrogen-bond acceptors (Lipinski definition) is 2. The molecule has 0 unspecified atom stereocenters. The van der Waals surface area contributed by atoms with Crippen LogP contribution in [0.4, 0.5) is 0 Å². The van der Waals surface area contributed by atoms with E-state index in [1.807, 2.05) is 6.92 Å². The molecule has 1 heterocycles. The van der Waals surface area contributed by atoms with Crippen LogP contribution in [-0.2, 0) is 6.54 Å². The molecule has 1 fully saturated rings. The van der Waals surface area contributed by atoms with E-state index in [2.05, 4.69) is 38.0 Å². The van der Waals surface area contributed by atoms with Crippen LogP contribution in [0.1, 0.15) is 49.9 Å². The average molecular weight is 314 g/mol. The van der Waals surface area contributed by atoms with Crippen molar-refractivity contribution in [3.8, 4) is 0 Å². The summed E-state index contributed by atoms with van der Waals surface area (Å²) in [6.07, 6.45) is 8.13. The van der Waals surface area contributed by atoms with Gasteiger partial charge in [0.25, 0.3) is 0 Å². The van der Waals surface area contributed by atoms with Crippen LogP contribution < -0.4 is 5.32 Å².